The van der Waals surface area contributed by atoms with Gasteiger partial charge in [-0.25, -0.2) is 4.98 Å². The van der Waals surface area contributed by atoms with Gasteiger partial charge in [0.05, 0.1) is 5.56 Å². The van der Waals surface area contributed by atoms with Crippen molar-refractivity contribution in [1.82, 2.24) is 10.3 Å². The summed E-state index contributed by atoms with van der Waals surface area (Å²) in [5, 5.41) is 3.27. The Morgan fingerprint density at radius 2 is 1.86 bits per heavy atom. The molecule has 0 bridgehead atoms. The minimum atomic E-state index is -0.146. The van der Waals surface area contributed by atoms with Crippen LogP contribution < -0.4 is 10.2 Å². The molecule has 0 aliphatic carbocycles. The van der Waals surface area contributed by atoms with Crippen molar-refractivity contribution in [2.45, 2.75) is 19.4 Å². The smallest absolute Gasteiger partial charge is 0.253 e. The molecular formula is C17H18ClN3O. The van der Waals surface area contributed by atoms with Gasteiger partial charge in [-0.1, -0.05) is 23.7 Å². The molecular weight excluding hydrogens is 298 g/mol. The van der Waals surface area contributed by atoms with Crippen LogP contribution in [0.4, 0.5) is 5.69 Å². The van der Waals surface area contributed by atoms with Gasteiger partial charge in [0.25, 0.3) is 5.91 Å². The fraction of sp³-hybridized carbons (Fsp3) is 0.294. The van der Waals surface area contributed by atoms with Crippen LogP contribution in [-0.4, -0.2) is 24.0 Å². The predicted molar refractivity (Wildman–Crippen MR) is 88.3 cm³/mol. The van der Waals surface area contributed by atoms with Gasteiger partial charge in [0.1, 0.15) is 5.15 Å². The number of hydrogen-bond donors (Lipinski definition) is 1. The molecule has 2 heterocycles. The molecule has 2 aromatic rings. The van der Waals surface area contributed by atoms with Crippen molar-refractivity contribution in [3.63, 3.8) is 0 Å². The van der Waals surface area contributed by atoms with Crippen molar-refractivity contribution in [3.8, 4) is 0 Å². The fourth-order valence-electron chi connectivity index (χ4n) is 2.59. The number of halogens is 1. The van der Waals surface area contributed by atoms with Gasteiger partial charge in [0.2, 0.25) is 0 Å². The molecule has 1 fully saturated rings. The van der Waals surface area contributed by atoms with E-state index in [1.807, 2.05) is 0 Å². The molecule has 1 aliphatic heterocycles. The molecule has 4 nitrogen and oxygen atoms in total. The second kappa shape index (κ2) is 6.79. The van der Waals surface area contributed by atoms with Crippen molar-refractivity contribution in [3.05, 3.63) is 58.9 Å². The molecule has 0 saturated carbocycles. The molecule has 1 amide bonds. The van der Waals surface area contributed by atoms with Crippen LogP contribution in [0.1, 0.15) is 28.8 Å². The zero-order valence-corrected chi connectivity index (χ0v) is 13.0. The molecule has 1 aromatic carbocycles. The third-order valence-electron chi connectivity index (χ3n) is 3.85. The van der Waals surface area contributed by atoms with E-state index in [-0.39, 0.29) is 5.91 Å². The SMILES string of the molecule is O=C(NCc1ccc(N2CCCC2)cc1)c1ccc(Cl)nc1. The van der Waals surface area contributed by atoms with E-state index >= 15 is 0 Å². The number of carbonyl (C=O) groups is 1. The number of benzene rings is 1. The molecule has 1 aliphatic rings. The molecule has 5 heteroatoms. The number of rotatable bonds is 4. The molecule has 0 radical (unpaired) electrons. The summed E-state index contributed by atoms with van der Waals surface area (Å²) in [6.45, 7) is 2.78. The van der Waals surface area contributed by atoms with E-state index in [1.54, 1.807) is 12.1 Å². The van der Waals surface area contributed by atoms with Crippen molar-refractivity contribution < 1.29 is 4.79 Å². The zero-order chi connectivity index (χ0) is 15.4. The van der Waals surface area contributed by atoms with Crippen LogP contribution in [-0.2, 0) is 6.54 Å². The maximum absolute atomic E-state index is 12.0. The average molecular weight is 316 g/mol. The van der Waals surface area contributed by atoms with Crippen LogP contribution in [0.3, 0.4) is 0 Å². The van der Waals surface area contributed by atoms with Crippen molar-refractivity contribution >= 4 is 23.2 Å². The van der Waals surface area contributed by atoms with E-state index in [0.717, 1.165) is 18.7 Å². The van der Waals surface area contributed by atoms with Crippen molar-refractivity contribution in [1.29, 1.82) is 0 Å². The Morgan fingerprint density at radius 1 is 1.14 bits per heavy atom. The standard InChI is InChI=1S/C17H18ClN3O/c18-16-8-5-14(12-19-16)17(22)20-11-13-3-6-15(7-4-13)21-9-1-2-10-21/h3-8,12H,1-2,9-11H2,(H,20,22). The van der Waals surface area contributed by atoms with E-state index in [4.69, 9.17) is 11.6 Å². The highest BCUT2D eigenvalue weighted by Crippen LogP contribution is 2.20. The van der Waals surface area contributed by atoms with Crippen molar-refractivity contribution in [2.24, 2.45) is 0 Å². The number of nitrogens with one attached hydrogen (secondary N) is 1. The Bertz CT molecular complexity index is 634. The number of aromatic nitrogens is 1. The topological polar surface area (TPSA) is 45.2 Å². The van der Waals surface area contributed by atoms with Crippen LogP contribution in [0.2, 0.25) is 5.15 Å². The Kier molecular flexibility index (Phi) is 4.59. The summed E-state index contributed by atoms with van der Waals surface area (Å²) < 4.78 is 0. The minimum absolute atomic E-state index is 0.146. The first kappa shape index (κ1) is 14.9. The van der Waals surface area contributed by atoms with Crippen LogP contribution in [0.15, 0.2) is 42.6 Å². The van der Waals surface area contributed by atoms with Crippen molar-refractivity contribution in [2.75, 3.05) is 18.0 Å². The van der Waals surface area contributed by atoms with E-state index < -0.39 is 0 Å². The average Bonchev–Trinajstić information content (AvgIpc) is 3.08. The number of nitrogens with zero attached hydrogens (tertiary/aromatic N) is 2. The number of carbonyl (C=O) groups excluding carboxylic acids is 1. The molecule has 0 unspecified atom stereocenters. The Balaban J connectivity index is 1.56. The zero-order valence-electron chi connectivity index (χ0n) is 12.3. The summed E-state index contributed by atoms with van der Waals surface area (Å²) in [5.41, 5.74) is 2.85. The van der Waals surface area contributed by atoms with Gasteiger partial charge in [0, 0.05) is 31.5 Å². The number of anilines is 1. The molecule has 0 spiro atoms. The van der Waals surface area contributed by atoms with E-state index in [0.29, 0.717) is 17.3 Å². The van der Waals surface area contributed by atoms with Gasteiger partial charge in [-0.3, -0.25) is 4.79 Å². The summed E-state index contributed by atoms with van der Waals surface area (Å²) in [6.07, 6.45) is 4.02. The van der Waals surface area contributed by atoms with E-state index in [1.165, 1.54) is 24.7 Å². The van der Waals surface area contributed by atoms with Gasteiger partial charge in [-0.15, -0.1) is 0 Å². The largest absolute Gasteiger partial charge is 0.372 e. The van der Waals surface area contributed by atoms with Crippen LogP contribution in [0, 0.1) is 0 Å². The van der Waals surface area contributed by atoms with Crippen LogP contribution >= 0.6 is 11.6 Å². The second-order valence-electron chi connectivity index (χ2n) is 5.41. The molecule has 1 aromatic heterocycles. The number of pyridine rings is 1. The van der Waals surface area contributed by atoms with Gasteiger partial charge in [-0.05, 0) is 42.7 Å². The number of amides is 1. The van der Waals surface area contributed by atoms with Crippen LogP contribution in [0.25, 0.3) is 0 Å². The molecule has 22 heavy (non-hydrogen) atoms. The third-order valence-corrected chi connectivity index (χ3v) is 4.07. The summed E-state index contributed by atoms with van der Waals surface area (Å²) in [6, 6.07) is 11.7. The maximum atomic E-state index is 12.0. The first-order valence-electron chi connectivity index (χ1n) is 7.46. The first-order chi connectivity index (χ1) is 10.7. The molecule has 1 saturated heterocycles. The highest BCUT2D eigenvalue weighted by molar-refractivity contribution is 6.29. The molecule has 3 rings (SSSR count). The summed E-state index contributed by atoms with van der Waals surface area (Å²) in [7, 11) is 0. The fourth-order valence-corrected chi connectivity index (χ4v) is 2.71. The van der Waals surface area contributed by atoms with Gasteiger partial charge < -0.3 is 10.2 Å². The van der Waals surface area contributed by atoms with Gasteiger partial charge >= 0.3 is 0 Å². The number of hydrogen-bond acceptors (Lipinski definition) is 3. The highest BCUT2D eigenvalue weighted by Gasteiger charge is 2.12. The lowest BCUT2D eigenvalue weighted by atomic mass is 10.2. The Hall–Kier alpha value is -2.07. The van der Waals surface area contributed by atoms with E-state index in [2.05, 4.69) is 39.5 Å². The Morgan fingerprint density at radius 3 is 2.50 bits per heavy atom. The first-order valence-corrected chi connectivity index (χ1v) is 7.84. The van der Waals surface area contributed by atoms with E-state index in [9.17, 15) is 4.79 Å². The maximum Gasteiger partial charge on any atom is 0.253 e. The van der Waals surface area contributed by atoms with Crippen LogP contribution in [0.5, 0.6) is 0 Å². The molecule has 1 N–H and O–H groups in total. The second-order valence-corrected chi connectivity index (χ2v) is 5.80. The van der Waals surface area contributed by atoms with Gasteiger partial charge in [-0.2, -0.15) is 0 Å². The monoisotopic (exact) mass is 315 g/mol. The summed E-state index contributed by atoms with van der Waals surface area (Å²) in [4.78, 5) is 18.3. The molecule has 114 valence electrons. The predicted octanol–water partition coefficient (Wildman–Crippen LogP) is 3.27. The van der Waals surface area contributed by atoms with Gasteiger partial charge in [0.15, 0.2) is 0 Å². The lowest BCUT2D eigenvalue weighted by molar-refractivity contribution is 0.0950. The third kappa shape index (κ3) is 3.57. The summed E-state index contributed by atoms with van der Waals surface area (Å²) in [5.74, 6) is -0.146. The minimum Gasteiger partial charge on any atom is -0.372 e. The summed E-state index contributed by atoms with van der Waals surface area (Å²) >= 11 is 5.71. The lowest BCUT2D eigenvalue weighted by Gasteiger charge is -2.17. The lowest BCUT2D eigenvalue weighted by Crippen LogP contribution is -2.23. The highest BCUT2D eigenvalue weighted by atomic mass is 35.5. The Labute approximate surface area is 135 Å². The quantitative estimate of drug-likeness (QED) is 0.881. The molecule has 0 atom stereocenters. The normalized spacial score (nSPS) is 14.1.